The number of ether oxygens (including phenoxy) is 5. The molecule has 0 unspecified atom stereocenters. The van der Waals surface area contributed by atoms with Crippen molar-refractivity contribution in [2.45, 2.75) is 0 Å². The quantitative estimate of drug-likeness (QED) is 0.204. The first-order valence-electron chi connectivity index (χ1n) is 10.2. The van der Waals surface area contributed by atoms with Crippen molar-refractivity contribution in [3.05, 3.63) is 88.4 Å². The number of halogens is 1. The molecule has 0 bridgehead atoms. The van der Waals surface area contributed by atoms with E-state index >= 15 is 0 Å². The number of hydrogen-bond acceptors (Lipinski definition) is 7. The fourth-order valence-corrected chi connectivity index (χ4v) is 3.19. The van der Waals surface area contributed by atoms with E-state index in [0.717, 1.165) is 0 Å². The Kier molecular flexibility index (Phi) is 9.29. The second kappa shape index (κ2) is 12.6. The summed E-state index contributed by atoms with van der Waals surface area (Å²) < 4.78 is 27.2. The number of benzene rings is 3. The lowest BCUT2D eigenvalue weighted by Gasteiger charge is -2.10. The molecule has 0 aliphatic carbocycles. The third-order valence-corrected chi connectivity index (χ3v) is 4.96. The Morgan fingerprint density at radius 3 is 2.12 bits per heavy atom. The molecule has 0 amide bonds. The van der Waals surface area contributed by atoms with Gasteiger partial charge in [-0.05, 0) is 70.5 Å². The van der Waals surface area contributed by atoms with Crippen LogP contribution < -0.4 is 14.2 Å². The molecule has 3 rings (SSSR count). The average Bonchev–Trinajstić information content (AvgIpc) is 2.84. The molecule has 0 aromatic heterocycles. The maximum Gasteiger partial charge on any atom is 0.343 e. The second-order valence-corrected chi connectivity index (χ2v) is 7.55. The van der Waals surface area contributed by atoms with Crippen molar-refractivity contribution in [1.29, 1.82) is 0 Å². The summed E-state index contributed by atoms with van der Waals surface area (Å²) in [7, 11) is 1.59. The van der Waals surface area contributed by atoms with Crippen molar-refractivity contribution in [2.24, 2.45) is 0 Å². The van der Waals surface area contributed by atoms with E-state index in [0.29, 0.717) is 46.1 Å². The fraction of sp³-hybridized carbons (Fsp3) is 0.200. The normalized spacial score (nSPS) is 10.4. The van der Waals surface area contributed by atoms with Gasteiger partial charge >= 0.3 is 11.9 Å². The zero-order chi connectivity index (χ0) is 23.5. The minimum atomic E-state index is -0.535. The van der Waals surface area contributed by atoms with Crippen LogP contribution in [-0.4, -0.2) is 45.5 Å². The summed E-state index contributed by atoms with van der Waals surface area (Å²) in [5.41, 5.74) is 0.692. The number of hydrogen-bond donors (Lipinski definition) is 0. The number of rotatable bonds is 11. The Bertz CT molecular complexity index is 1050. The Balaban J connectivity index is 1.47. The van der Waals surface area contributed by atoms with Crippen LogP contribution >= 0.6 is 15.9 Å². The van der Waals surface area contributed by atoms with Crippen LogP contribution in [-0.2, 0) is 9.47 Å². The van der Waals surface area contributed by atoms with Gasteiger partial charge in [0.1, 0.15) is 37.1 Å². The van der Waals surface area contributed by atoms with Gasteiger partial charge in [-0.25, -0.2) is 9.59 Å². The van der Waals surface area contributed by atoms with Gasteiger partial charge < -0.3 is 23.7 Å². The topological polar surface area (TPSA) is 80.3 Å². The van der Waals surface area contributed by atoms with E-state index in [-0.39, 0.29) is 13.2 Å². The predicted molar refractivity (Wildman–Crippen MR) is 125 cm³/mol. The Morgan fingerprint density at radius 1 is 0.727 bits per heavy atom. The molecule has 0 saturated carbocycles. The van der Waals surface area contributed by atoms with E-state index in [1.165, 1.54) is 24.3 Å². The minimum absolute atomic E-state index is 0.116. The first kappa shape index (κ1) is 24.3. The fourth-order valence-electron chi connectivity index (χ4n) is 2.70. The molecular weight excluding hydrogens is 492 g/mol. The molecule has 172 valence electrons. The molecule has 0 heterocycles. The summed E-state index contributed by atoms with van der Waals surface area (Å²) in [6.45, 7) is 1.22. The number of carbonyl (C=O) groups excluding carboxylic acids is 2. The summed E-state index contributed by atoms with van der Waals surface area (Å²) in [5.74, 6) is 0.589. The van der Waals surface area contributed by atoms with Crippen LogP contribution in [0.4, 0.5) is 0 Å². The van der Waals surface area contributed by atoms with Gasteiger partial charge in [-0.2, -0.15) is 0 Å². The van der Waals surface area contributed by atoms with Gasteiger partial charge in [0.05, 0.1) is 22.2 Å². The molecule has 0 fully saturated rings. The zero-order valence-electron chi connectivity index (χ0n) is 18.0. The molecule has 0 radical (unpaired) electrons. The van der Waals surface area contributed by atoms with Crippen LogP contribution in [0.5, 0.6) is 17.2 Å². The summed E-state index contributed by atoms with van der Waals surface area (Å²) in [4.78, 5) is 24.6. The predicted octanol–water partition coefficient (Wildman–Crippen LogP) is 4.93. The molecule has 3 aromatic rings. The van der Waals surface area contributed by atoms with Crippen LogP contribution in [0.2, 0.25) is 0 Å². The van der Waals surface area contributed by atoms with Crippen LogP contribution in [0.15, 0.2) is 77.3 Å². The number of esters is 2. The summed E-state index contributed by atoms with van der Waals surface area (Å²) >= 11 is 3.38. The van der Waals surface area contributed by atoms with E-state index < -0.39 is 11.9 Å². The van der Waals surface area contributed by atoms with Crippen LogP contribution in [0.25, 0.3) is 0 Å². The lowest BCUT2D eigenvalue weighted by molar-refractivity contribution is 0.0450. The van der Waals surface area contributed by atoms with E-state index in [9.17, 15) is 9.59 Å². The lowest BCUT2D eigenvalue weighted by atomic mass is 10.2. The molecule has 0 saturated heterocycles. The van der Waals surface area contributed by atoms with Gasteiger partial charge in [0.25, 0.3) is 0 Å². The molecule has 3 aromatic carbocycles. The van der Waals surface area contributed by atoms with Crippen molar-refractivity contribution in [1.82, 2.24) is 0 Å². The maximum atomic E-state index is 12.4. The number of para-hydroxylation sites is 1. The smallest absolute Gasteiger partial charge is 0.343 e. The monoisotopic (exact) mass is 514 g/mol. The first-order valence-corrected chi connectivity index (χ1v) is 10.9. The summed E-state index contributed by atoms with van der Waals surface area (Å²) in [5, 5.41) is 0. The van der Waals surface area contributed by atoms with Gasteiger partial charge in [0.2, 0.25) is 0 Å². The van der Waals surface area contributed by atoms with Gasteiger partial charge in [-0.15, -0.1) is 0 Å². The van der Waals surface area contributed by atoms with Gasteiger partial charge in [-0.3, -0.25) is 0 Å². The minimum Gasteiger partial charge on any atom is -0.490 e. The molecule has 0 aliphatic heterocycles. The van der Waals surface area contributed by atoms with Gasteiger partial charge in [-0.1, -0.05) is 18.2 Å². The molecule has 7 nitrogen and oxygen atoms in total. The lowest BCUT2D eigenvalue weighted by Crippen LogP contribution is -2.12. The van der Waals surface area contributed by atoms with E-state index in [4.69, 9.17) is 23.7 Å². The highest BCUT2D eigenvalue weighted by Crippen LogP contribution is 2.26. The molecule has 0 aliphatic rings. The molecule has 0 N–H and O–H groups in total. The Morgan fingerprint density at radius 2 is 1.42 bits per heavy atom. The zero-order valence-corrected chi connectivity index (χ0v) is 19.6. The third-order valence-electron chi connectivity index (χ3n) is 4.34. The highest BCUT2D eigenvalue weighted by Gasteiger charge is 2.13. The molecule has 0 atom stereocenters. The van der Waals surface area contributed by atoms with Crippen LogP contribution in [0, 0.1) is 0 Å². The molecule has 0 spiro atoms. The van der Waals surface area contributed by atoms with Crippen LogP contribution in [0.3, 0.4) is 0 Å². The third kappa shape index (κ3) is 7.62. The van der Waals surface area contributed by atoms with Crippen molar-refractivity contribution >= 4 is 27.9 Å². The average molecular weight is 515 g/mol. The highest BCUT2D eigenvalue weighted by molar-refractivity contribution is 9.10. The Labute approximate surface area is 200 Å². The van der Waals surface area contributed by atoms with E-state index in [1.807, 2.05) is 30.3 Å². The van der Waals surface area contributed by atoms with E-state index in [1.54, 1.807) is 25.3 Å². The highest BCUT2D eigenvalue weighted by atomic mass is 79.9. The van der Waals surface area contributed by atoms with Gasteiger partial charge in [0, 0.05) is 7.11 Å². The van der Waals surface area contributed by atoms with Crippen molar-refractivity contribution in [3.63, 3.8) is 0 Å². The van der Waals surface area contributed by atoms with Crippen molar-refractivity contribution in [3.8, 4) is 17.2 Å². The molecular formula is C25H23BrO7. The number of carbonyl (C=O) groups is 2. The molecule has 8 heteroatoms. The van der Waals surface area contributed by atoms with Crippen molar-refractivity contribution in [2.75, 3.05) is 33.5 Å². The van der Waals surface area contributed by atoms with Gasteiger partial charge in [0.15, 0.2) is 0 Å². The molecule has 33 heavy (non-hydrogen) atoms. The standard InChI is InChI=1S/C25H23BrO7/c1-29-13-14-31-23-12-9-19(17-22(23)26)25(28)33-21-10-7-18(8-11-21)24(27)32-16-15-30-20-5-3-2-4-6-20/h2-12,17H,13-16H2,1H3. The van der Waals surface area contributed by atoms with Crippen molar-refractivity contribution < 1.29 is 33.3 Å². The largest absolute Gasteiger partial charge is 0.490 e. The first-order chi connectivity index (χ1) is 16.1. The maximum absolute atomic E-state index is 12.4. The number of methoxy groups -OCH3 is 1. The van der Waals surface area contributed by atoms with Crippen LogP contribution in [0.1, 0.15) is 20.7 Å². The summed E-state index contributed by atoms with van der Waals surface area (Å²) in [6.07, 6.45) is 0. The summed E-state index contributed by atoms with van der Waals surface area (Å²) in [6, 6.07) is 20.3. The van der Waals surface area contributed by atoms with E-state index in [2.05, 4.69) is 15.9 Å². The Hall–Kier alpha value is -3.36. The SMILES string of the molecule is COCCOc1ccc(C(=O)Oc2ccc(C(=O)OCCOc3ccccc3)cc2)cc1Br. The second-order valence-electron chi connectivity index (χ2n) is 6.70.